The third-order valence-electron chi connectivity index (χ3n) is 3.30. The van der Waals surface area contributed by atoms with Gasteiger partial charge in [-0.2, -0.15) is 0 Å². The molecule has 1 aliphatic carbocycles. The van der Waals surface area contributed by atoms with Gasteiger partial charge in [0.2, 0.25) is 0 Å². The van der Waals surface area contributed by atoms with Gasteiger partial charge >= 0.3 is 0 Å². The highest BCUT2D eigenvalue weighted by molar-refractivity contribution is 9.11. The zero-order valence-electron chi connectivity index (χ0n) is 9.47. The van der Waals surface area contributed by atoms with Crippen LogP contribution in [-0.2, 0) is 0 Å². The minimum atomic E-state index is 0.641. The van der Waals surface area contributed by atoms with E-state index in [9.17, 15) is 0 Å². The predicted molar refractivity (Wildman–Crippen MR) is 76.9 cm³/mol. The lowest BCUT2D eigenvalue weighted by Crippen LogP contribution is -2.25. The molecule has 0 radical (unpaired) electrons. The molecule has 0 heterocycles. The Morgan fingerprint density at radius 2 is 1.81 bits per heavy atom. The molecule has 1 aliphatic rings. The summed E-state index contributed by atoms with van der Waals surface area (Å²) in [7, 11) is 0. The normalized spacial score (nSPS) is 25.4. The van der Waals surface area contributed by atoms with Gasteiger partial charge < -0.3 is 5.32 Å². The maximum absolute atomic E-state index is 3.63. The lowest BCUT2D eigenvalue weighted by atomic mass is 9.87. The average Bonchev–Trinajstić information content (AvgIpc) is 2.27. The Morgan fingerprint density at radius 3 is 2.50 bits per heavy atom. The van der Waals surface area contributed by atoms with E-state index >= 15 is 0 Å². The SMILES string of the molecule is CC1CCC(Nc2cc(Br)ccc2Br)CC1. The molecule has 0 aromatic heterocycles. The quantitative estimate of drug-likeness (QED) is 0.775. The zero-order valence-corrected chi connectivity index (χ0v) is 12.6. The molecule has 0 spiro atoms. The van der Waals surface area contributed by atoms with E-state index in [1.54, 1.807) is 0 Å². The van der Waals surface area contributed by atoms with Crippen LogP contribution in [0, 0.1) is 5.92 Å². The number of anilines is 1. The minimum Gasteiger partial charge on any atom is -0.381 e. The van der Waals surface area contributed by atoms with Crippen LogP contribution in [0.4, 0.5) is 5.69 Å². The largest absolute Gasteiger partial charge is 0.381 e. The van der Waals surface area contributed by atoms with Crippen LogP contribution in [0.5, 0.6) is 0 Å². The number of hydrogen-bond donors (Lipinski definition) is 1. The van der Waals surface area contributed by atoms with Crippen LogP contribution in [0.25, 0.3) is 0 Å². The molecule has 3 heteroatoms. The Morgan fingerprint density at radius 1 is 1.12 bits per heavy atom. The second kappa shape index (κ2) is 5.54. The highest BCUT2D eigenvalue weighted by atomic mass is 79.9. The van der Waals surface area contributed by atoms with Crippen molar-refractivity contribution in [2.24, 2.45) is 5.92 Å². The van der Waals surface area contributed by atoms with Crippen molar-refractivity contribution in [1.29, 1.82) is 0 Å². The molecule has 0 amide bonds. The maximum atomic E-state index is 3.63. The van der Waals surface area contributed by atoms with Gasteiger partial charge in [0.15, 0.2) is 0 Å². The molecule has 2 rings (SSSR count). The van der Waals surface area contributed by atoms with Gasteiger partial charge in [-0.1, -0.05) is 22.9 Å². The van der Waals surface area contributed by atoms with Crippen molar-refractivity contribution in [2.45, 2.75) is 38.6 Å². The van der Waals surface area contributed by atoms with Gasteiger partial charge in [0.1, 0.15) is 0 Å². The van der Waals surface area contributed by atoms with E-state index in [0.29, 0.717) is 6.04 Å². The van der Waals surface area contributed by atoms with E-state index in [0.717, 1.165) is 14.9 Å². The number of nitrogens with one attached hydrogen (secondary N) is 1. The third kappa shape index (κ3) is 3.24. The molecule has 1 aromatic carbocycles. The van der Waals surface area contributed by atoms with E-state index in [2.05, 4.69) is 62.3 Å². The second-order valence-corrected chi connectivity index (χ2v) is 6.50. The fourth-order valence-electron chi connectivity index (χ4n) is 2.23. The van der Waals surface area contributed by atoms with Crippen LogP contribution in [0.2, 0.25) is 0 Å². The van der Waals surface area contributed by atoms with Crippen molar-refractivity contribution in [1.82, 2.24) is 0 Å². The zero-order chi connectivity index (χ0) is 11.5. The molecule has 1 fully saturated rings. The summed E-state index contributed by atoms with van der Waals surface area (Å²) in [6.45, 7) is 2.35. The standard InChI is InChI=1S/C13H17Br2N/c1-9-2-5-11(6-3-9)16-13-8-10(14)4-7-12(13)15/h4,7-9,11,16H,2-3,5-6H2,1H3. The first-order chi connectivity index (χ1) is 7.65. The Balaban J connectivity index is 2.00. The molecule has 0 unspecified atom stereocenters. The minimum absolute atomic E-state index is 0.641. The van der Waals surface area contributed by atoms with Crippen molar-refractivity contribution in [3.05, 3.63) is 27.1 Å². The van der Waals surface area contributed by atoms with Crippen LogP contribution in [-0.4, -0.2) is 6.04 Å². The monoisotopic (exact) mass is 345 g/mol. The van der Waals surface area contributed by atoms with Crippen LogP contribution < -0.4 is 5.32 Å². The number of rotatable bonds is 2. The van der Waals surface area contributed by atoms with E-state index in [4.69, 9.17) is 0 Å². The summed E-state index contributed by atoms with van der Waals surface area (Å²) < 4.78 is 2.27. The van der Waals surface area contributed by atoms with Gasteiger partial charge in [-0.15, -0.1) is 0 Å². The van der Waals surface area contributed by atoms with Crippen LogP contribution in [0.3, 0.4) is 0 Å². The number of hydrogen-bond acceptors (Lipinski definition) is 1. The van der Waals surface area contributed by atoms with Crippen LogP contribution >= 0.6 is 31.9 Å². The summed E-state index contributed by atoms with van der Waals surface area (Å²) in [6.07, 6.45) is 5.28. The molecule has 0 atom stereocenters. The van der Waals surface area contributed by atoms with E-state index < -0.39 is 0 Å². The smallest absolute Gasteiger partial charge is 0.0498 e. The molecule has 16 heavy (non-hydrogen) atoms. The molecule has 88 valence electrons. The first-order valence-corrected chi connectivity index (χ1v) is 7.45. The Bertz CT molecular complexity index is 357. The lowest BCUT2D eigenvalue weighted by Gasteiger charge is -2.28. The molecule has 1 nitrogen and oxygen atoms in total. The van der Waals surface area contributed by atoms with Gasteiger partial charge in [0, 0.05) is 20.7 Å². The molecule has 0 aliphatic heterocycles. The highest BCUT2D eigenvalue weighted by Gasteiger charge is 2.18. The summed E-state index contributed by atoms with van der Waals surface area (Å²) in [4.78, 5) is 0. The fourth-order valence-corrected chi connectivity index (χ4v) is 2.95. The molecular formula is C13H17Br2N. The Kier molecular flexibility index (Phi) is 4.31. The van der Waals surface area contributed by atoms with E-state index in [-0.39, 0.29) is 0 Å². The van der Waals surface area contributed by atoms with Gasteiger partial charge in [-0.3, -0.25) is 0 Å². The Labute approximate surface area is 114 Å². The number of benzene rings is 1. The first kappa shape index (κ1) is 12.4. The molecule has 1 N–H and O–H groups in total. The van der Waals surface area contributed by atoms with E-state index in [1.807, 2.05) is 0 Å². The highest BCUT2D eigenvalue weighted by Crippen LogP contribution is 2.30. The molecule has 0 saturated heterocycles. The molecule has 1 aromatic rings. The molecule has 0 bridgehead atoms. The predicted octanol–water partition coefficient (Wildman–Crippen LogP) is 5.20. The maximum Gasteiger partial charge on any atom is 0.0498 e. The number of halogens is 2. The lowest BCUT2D eigenvalue weighted by molar-refractivity contribution is 0.361. The van der Waals surface area contributed by atoms with Crippen molar-refractivity contribution in [3.8, 4) is 0 Å². The second-order valence-electron chi connectivity index (χ2n) is 4.73. The summed E-state index contributed by atoms with van der Waals surface area (Å²) in [5, 5.41) is 3.63. The van der Waals surface area contributed by atoms with Crippen LogP contribution in [0.1, 0.15) is 32.6 Å². The summed E-state index contributed by atoms with van der Waals surface area (Å²) in [5.41, 5.74) is 1.20. The van der Waals surface area contributed by atoms with Gasteiger partial charge in [-0.25, -0.2) is 0 Å². The topological polar surface area (TPSA) is 12.0 Å². The molecular weight excluding hydrogens is 330 g/mol. The van der Waals surface area contributed by atoms with Gasteiger partial charge in [0.05, 0.1) is 0 Å². The van der Waals surface area contributed by atoms with Gasteiger partial charge in [0.25, 0.3) is 0 Å². The van der Waals surface area contributed by atoms with Crippen LogP contribution in [0.15, 0.2) is 27.1 Å². The van der Waals surface area contributed by atoms with Crippen molar-refractivity contribution in [2.75, 3.05) is 5.32 Å². The van der Waals surface area contributed by atoms with Crippen molar-refractivity contribution < 1.29 is 0 Å². The first-order valence-electron chi connectivity index (χ1n) is 5.87. The summed E-state index contributed by atoms with van der Waals surface area (Å²) in [5.74, 6) is 0.906. The summed E-state index contributed by atoms with van der Waals surface area (Å²) >= 11 is 7.10. The van der Waals surface area contributed by atoms with Crippen molar-refractivity contribution >= 4 is 37.5 Å². The van der Waals surface area contributed by atoms with Gasteiger partial charge in [-0.05, 0) is 65.7 Å². The fraction of sp³-hybridized carbons (Fsp3) is 0.538. The van der Waals surface area contributed by atoms with Crippen molar-refractivity contribution in [3.63, 3.8) is 0 Å². The molecule has 1 saturated carbocycles. The Hall–Kier alpha value is -0.0200. The van der Waals surface area contributed by atoms with E-state index in [1.165, 1.54) is 31.4 Å². The summed E-state index contributed by atoms with van der Waals surface area (Å²) in [6, 6.07) is 6.92. The third-order valence-corrected chi connectivity index (χ3v) is 4.49. The average molecular weight is 347 g/mol.